The summed E-state index contributed by atoms with van der Waals surface area (Å²) in [5.74, 6) is 0. The number of nitrogens with zero attached hydrogens (tertiary/aromatic N) is 3. The van der Waals surface area contributed by atoms with Gasteiger partial charge >= 0.3 is 6.09 Å². The van der Waals surface area contributed by atoms with Crippen LogP contribution in [-0.4, -0.2) is 28.7 Å². The Balaban J connectivity index is 0.000000980. The monoisotopic (exact) mass is 251 g/mol. The van der Waals surface area contributed by atoms with Crippen LogP contribution in [0.15, 0.2) is 11.2 Å². The van der Waals surface area contributed by atoms with Crippen molar-refractivity contribution in [1.82, 2.24) is 9.78 Å². The topological polar surface area (TPSA) is 56.5 Å². The maximum absolute atomic E-state index is 11.3. The highest BCUT2D eigenvalue weighted by molar-refractivity contribution is 5.87. The van der Waals surface area contributed by atoms with Gasteiger partial charge in [-0.3, -0.25) is 4.99 Å². The predicted molar refractivity (Wildman–Crippen MR) is 60.4 cm³/mol. The van der Waals surface area contributed by atoms with Crippen molar-refractivity contribution in [1.29, 1.82) is 0 Å². The molecule has 0 N–H and O–H groups in total. The molecule has 84 valence electrons. The fraction of sp³-hybridized carbons (Fsp3) is 0.375. The molecule has 1 aromatic rings. The van der Waals surface area contributed by atoms with Crippen molar-refractivity contribution < 1.29 is 9.53 Å². The van der Waals surface area contributed by atoms with E-state index in [0.29, 0.717) is 13.2 Å². The first kappa shape index (κ1) is 13.9. The van der Waals surface area contributed by atoms with Gasteiger partial charge in [0.15, 0.2) is 0 Å². The number of ether oxygens (including phenoxy) is 1. The third kappa shape index (κ3) is 2.49. The lowest BCUT2D eigenvalue weighted by atomic mass is 10.3. The Bertz CT molecular complexity index is 376. The average molecular weight is 252 g/mol. The Morgan fingerprint density at radius 2 is 2.33 bits per heavy atom. The van der Waals surface area contributed by atoms with E-state index < -0.39 is 6.09 Å². The highest BCUT2D eigenvalue weighted by atomic mass is 35.5. The molecule has 0 spiro atoms. The highest BCUT2D eigenvalue weighted by Crippen LogP contribution is 2.13. The van der Waals surface area contributed by atoms with Gasteiger partial charge in [-0.1, -0.05) is 0 Å². The van der Waals surface area contributed by atoms with E-state index in [0.717, 1.165) is 11.3 Å². The normalized spacial score (nSPS) is 11.3. The lowest BCUT2D eigenvalue weighted by molar-refractivity contribution is 0.150. The number of hydrogen-bond acceptors (Lipinski definition) is 4. The minimum absolute atomic E-state index is 0. The summed E-state index contributed by atoms with van der Waals surface area (Å²) in [7, 11) is 0. The molecule has 1 aliphatic heterocycles. The standard InChI is InChI=1S/C8H9N3O2.2ClH/c1-2-13-8(12)11-7-5-9-3-6(7)4-10-11;;/h4-5H,2-3H2,1H3;2*1H. The molecule has 0 saturated carbocycles. The SMILES string of the molecule is CCOC(=O)n1ncc2c1C=NC2.Cl.Cl. The molecule has 0 bridgehead atoms. The molecule has 0 atom stereocenters. The second kappa shape index (κ2) is 5.72. The summed E-state index contributed by atoms with van der Waals surface area (Å²) in [5.41, 5.74) is 1.70. The molecule has 0 saturated heterocycles. The minimum atomic E-state index is -0.447. The van der Waals surface area contributed by atoms with Crippen molar-refractivity contribution in [3.63, 3.8) is 0 Å². The van der Waals surface area contributed by atoms with E-state index in [2.05, 4.69) is 10.1 Å². The van der Waals surface area contributed by atoms with E-state index in [1.165, 1.54) is 4.68 Å². The fourth-order valence-corrected chi connectivity index (χ4v) is 1.21. The van der Waals surface area contributed by atoms with Gasteiger partial charge < -0.3 is 4.74 Å². The molecule has 0 radical (unpaired) electrons. The Morgan fingerprint density at radius 3 is 3.00 bits per heavy atom. The van der Waals surface area contributed by atoms with Crippen LogP contribution in [0.5, 0.6) is 0 Å². The Kier molecular flexibility index (Phi) is 5.32. The Labute approximate surface area is 99.3 Å². The van der Waals surface area contributed by atoms with E-state index in [-0.39, 0.29) is 24.8 Å². The van der Waals surface area contributed by atoms with Crippen LogP contribution >= 0.6 is 24.8 Å². The predicted octanol–water partition coefficient (Wildman–Crippen LogP) is 1.66. The first-order valence-electron chi connectivity index (χ1n) is 4.06. The molecule has 5 nitrogen and oxygen atoms in total. The molecule has 1 aliphatic rings. The molecule has 0 amide bonds. The molecule has 2 heterocycles. The maximum Gasteiger partial charge on any atom is 0.435 e. The third-order valence-corrected chi connectivity index (χ3v) is 1.80. The van der Waals surface area contributed by atoms with Crippen molar-refractivity contribution in [2.75, 3.05) is 6.61 Å². The minimum Gasteiger partial charge on any atom is -0.448 e. The Morgan fingerprint density at radius 1 is 1.60 bits per heavy atom. The van der Waals surface area contributed by atoms with E-state index in [4.69, 9.17) is 4.74 Å². The van der Waals surface area contributed by atoms with Gasteiger partial charge in [0, 0.05) is 11.8 Å². The maximum atomic E-state index is 11.3. The van der Waals surface area contributed by atoms with Crippen molar-refractivity contribution in [2.24, 2.45) is 4.99 Å². The summed E-state index contributed by atoms with van der Waals surface area (Å²) in [6.45, 7) is 2.72. The van der Waals surface area contributed by atoms with Gasteiger partial charge in [-0.05, 0) is 6.92 Å². The lowest BCUT2D eigenvalue weighted by Crippen LogP contribution is -2.17. The van der Waals surface area contributed by atoms with Gasteiger partial charge in [-0.2, -0.15) is 9.78 Å². The second-order valence-corrected chi connectivity index (χ2v) is 2.64. The molecular weight excluding hydrogens is 241 g/mol. The van der Waals surface area contributed by atoms with Gasteiger partial charge in [0.2, 0.25) is 0 Å². The molecule has 0 unspecified atom stereocenters. The number of halogens is 2. The summed E-state index contributed by atoms with van der Waals surface area (Å²) < 4.78 is 6.04. The van der Waals surface area contributed by atoms with E-state index in [9.17, 15) is 4.79 Å². The zero-order valence-electron chi connectivity index (χ0n) is 8.04. The van der Waals surface area contributed by atoms with Crippen LogP contribution in [0.25, 0.3) is 0 Å². The van der Waals surface area contributed by atoms with Gasteiger partial charge in [-0.15, -0.1) is 24.8 Å². The smallest absolute Gasteiger partial charge is 0.435 e. The Hall–Kier alpha value is -1.07. The molecule has 0 aromatic carbocycles. The molecular formula is C8H11Cl2N3O2. The van der Waals surface area contributed by atoms with Gasteiger partial charge in [-0.25, -0.2) is 4.79 Å². The number of rotatable bonds is 1. The fourth-order valence-electron chi connectivity index (χ4n) is 1.21. The van der Waals surface area contributed by atoms with Gasteiger partial charge in [0.1, 0.15) is 0 Å². The number of carbonyl (C=O) groups is 1. The van der Waals surface area contributed by atoms with E-state index in [1.807, 2.05) is 0 Å². The van der Waals surface area contributed by atoms with Crippen molar-refractivity contribution in [2.45, 2.75) is 13.5 Å². The van der Waals surface area contributed by atoms with Crippen molar-refractivity contribution >= 4 is 37.1 Å². The second-order valence-electron chi connectivity index (χ2n) is 2.64. The number of carbonyl (C=O) groups excluding carboxylic acids is 1. The molecule has 0 fully saturated rings. The number of hydrogen-bond donors (Lipinski definition) is 0. The van der Waals surface area contributed by atoms with Crippen molar-refractivity contribution in [3.8, 4) is 0 Å². The van der Waals surface area contributed by atoms with Crippen LogP contribution < -0.4 is 0 Å². The first-order chi connectivity index (χ1) is 6.33. The number of aliphatic imine (C=N–C) groups is 1. The quantitative estimate of drug-likeness (QED) is 0.763. The zero-order chi connectivity index (χ0) is 9.26. The highest BCUT2D eigenvalue weighted by Gasteiger charge is 2.17. The zero-order valence-corrected chi connectivity index (χ0v) is 9.68. The summed E-state index contributed by atoms with van der Waals surface area (Å²) in [4.78, 5) is 15.3. The van der Waals surface area contributed by atoms with Gasteiger partial charge in [0.05, 0.1) is 25.0 Å². The average Bonchev–Trinajstić information content (AvgIpc) is 2.62. The molecule has 0 aliphatic carbocycles. The first-order valence-corrected chi connectivity index (χ1v) is 4.06. The summed E-state index contributed by atoms with van der Waals surface area (Å²) in [6.07, 6.45) is 2.83. The summed E-state index contributed by atoms with van der Waals surface area (Å²) in [5, 5.41) is 3.91. The number of fused-ring (bicyclic) bond motifs is 1. The van der Waals surface area contributed by atoms with Crippen molar-refractivity contribution in [3.05, 3.63) is 17.5 Å². The molecule has 7 heteroatoms. The van der Waals surface area contributed by atoms with Crippen LogP contribution in [0.4, 0.5) is 4.79 Å². The third-order valence-electron chi connectivity index (χ3n) is 1.80. The van der Waals surface area contributed by atoms with Crippen LogP contribution in [-0.2, 0) is 11.3 Å². The van der Waals surface area contributed by atoms with Crippen LogP contribution in [0.2, 0.25) is 0 Å². The lowest BCUT2D eigenvalue weighted by Gasteiger charge is -2.01. The van der Waals surface area contributed by atoms with Crippen LogP contribution in [0.1, 0.15) is 18.2 Å². The largest absolute Gasteiger partial charge is 0.448 e. The van der Waals surface area contributed by atoms with Crippen LogP contribution in [0, 0.1) is 0 Å². The molecule has 15 heavy (non-hydrogen) atoms. The summed E-state index contributed by atoms with van der Waals surface area (Å²) >= 11 is 0. The molecule has 2 rings (SSSR count). The molecule has 1 aromatic heterocycles. The number of aromatic nitrogens is 2. The van der Waals surface area contributed by atoms with E-state index in [1.54, 1.807) is 19.3 Å². The van der Waals surface area contributed by atoms with Crippen LogP contribution in [0.3, 0.4) is 0 Å². The van der Waals surface area contributed by atoms with E-state index >= 15 is 0 Å². The summed E-state index contributed by atoms with van der Waals surface area (Å²) in [6, 6.07) is 0. The van der Waals surface area contributed by atoms with Gasteiger partial charge in [0.25, 0.3) is 0 Å².